The second-order valence-electron chi connectivity index (χ2n) is 7.75. The van der Waals surface area contributed by atoms with E-state index in [1.165, 1.54) is 42.5 Å². The molecule has 0 bridgehead atoms. The number of hydrogen-bond acceptors (Lipinski definition) is 4. The largest absolute Gasteiger partial charge is 0.508 e. The molecule has 8 heteroatoms. The number of aromatic hydroxyl groups is 1. The molecular weight excluding hydrogens is 460 g/mol. The first-order valence-corrected chi connectivity index (χ1v) is 10.5. The Labute approximate surface area is 197 Å². The molecule has 0 aliphatic rings. The Hall–Kier alpha value is -4.46. The highest BCUT2D eigenvalue weighted by molar-refractivity contribution is 5.86. The quantitative estimate of drug-likeness (QED) is 0.271. The lowest BCUT2D eigenvalue weighted by molar-refractivity contribution is -0.137. The van der Waals surface area contributed by atoms with Gasteiger partial charge in [0, 0.05) is 11.1 Å². The van der Waals surface area contributed by atoms with Crippen LogP contribution >= 0.6 is 0 Å². The molecule has 35 heavy (non-hydrogen) atoms. The Morgan fingerprint density at radius 2 is 1.14 bits per heavy atom. The van der Waals surface area contributed by atoms with Crippen LogP contribution in [-0.2, 0) is 6.18 Å². The third-order valence-corrected chi connectivity index (χ3v) is 5.31. The predicted octanol–water partition coefficient (Wildman–Crippen LogP) is 7.62. The number of aromatic nitrogens is 2. The highest BCUT2D eigenvalue weighted by atomic mass is 19.4. The van der Waals surface area contributed by atoms with Crippen LogP contribution in [0, 0.1) is 5.82 Å². The number of nitrogens with zero attached hydrogens (tertiary/aromatic N) is 2. The lowest BCUT2D eigenvalue weighted by Crippen LogP contribution is -2.05. The van der Waals surface area contributed by atoms with Gasteiger partial charge in [0.2, 0.25) is 0 Å². The van der Waals surface area contributed by atoms with E-state index >= 15 is 0 Å². The molecule has 1 aromatic heterocycles. The first-order chi connectivity index (χ1) is 16.8. The van der Waals surface area contributed by atoms with Crippen molar-refractivity contribution in [3.63, 3.8) is 0 Å². The van der Waals surface area contributed by atoms with Crippen molar-refractivity contribution in [2.45, 2.75) is 6.18 Å². The zero-order chi connectivity index (χ0) is 24.6. The maximum Gasteiger partial charge on any atom is 0.416 e. The van der Waals surface area contributed by atoms with Gasteiger partial charge in [-0.15, -0.1) is 0 Å². The minimum atomic E-state index is -4.52. The van der Waals surface area contributed by atoms with Crippen LogP contribution in [0.15, 0.2) is 91.0 Å². The van der Waals surface area contributed by atoms with Crippen LogP contribution in [0.2, 0.25) is 0 Å². The fourth-order valence-electron chi connectivity index (χ4n) is 3.57. The van der Waals surface area contributed by atoms with Crippen LogP contribution < -0.4 is 4.74 Å². The molecule has 0 unspecified atom stereocenters. The Morgan fingerprint density at radius 1 is 0.629 bits per heavy atom. The number of alkyl halides is 3. The molecule has 0 saturated carbocycles. The van der Waals surface area contributed by atoms with Crippen molar-refractivity contribution in [3.05, 3.63) is 102 Å². The topological polar surface area (TPSA) is 55.2 Å². The van der Waals surface area contributed by atoms with E-state index in [0.717, 1.165) is 12.1 Å². The van der Waals surface area contributed by atoms with Gasteiger partial charge in [0.05, 0.1) is 28.0 Å². The van der Waals surface area contributed by atoms with Crippen LogP contribution in [0.4, 0.5) is 17.6 Å². The van der Waals surface area contributed by atoms with Crippen molar-refractivity contribution in [2.75, 3.05) is 0 Å². The lowest BCUT2D eigenvalue weighted by Gasteiger charge is -2.13. The number of rotatable bonds is 4. The maximum absolute atomic E-state index is 13.5. The van der Waals surface area contributed by atoms with E-state index in [0.29, 0.717) is 39.5 Å². The van der Waals surface area contributed by atoms with Gasteiger partial charge in [0.15, 0.2) is 0 Å². The van der Waals surface area contributed by atoms with Crippen molar-refractivity contribution < 1.29 is 27.4 Å². The zero-order valence-corrected chi connectivity index (χ0v) is 17.9. The van der Waals surface area contributed by atoms with Crippen LogP contribution in [0.3, 0.4) is 0 Å². The van der Waals surface area contributed by atoms with Gasteiger partial charge in [0.25, 0.3) is 0 Å². The van der Waals surface area contributed by atoms with E-state index in [1.807, 2.05) is 0 Å². The van der Waals surface area contributed by atoms with E-state index < -0.39 is 17.6 Å². The number of halogens is 4. The summed E-state index contributed by atoms with van der Waals surface area (Å²) in [7, 11) is 0. The second-order valence-corrected chi connectivity index (χ2v) is 7.75. The highest BCUT2D eigenvalue weighted by Gasteiger charge is 2.31. The molecule has 174 valence electrons. The van der Waals surface area contributed by atoms with Gasteiger partial charge in [-0.1, -0.05) is 0 Å². The SMILES string of the molecule is Oc1ccc(Oc2ccc(-c3nc4ccc(C(F)(F)F)cc4nc3-c3ccc(F)cc3)cc2)cc1. The summed E-state index contributed by atoms with van der Waals surface area (Å²) in [5.41, 5.74) is 1.46. The fourth-order valence-corrected chi connectivity index (χ4v) is 3.57. The summed E-state index contributed by atoms with van der Waals surface area (Å²) < 4.78 is 59.0. The third kappa shape index (κ3) is 4.77. The number of fused-ring (bicyclic) bond motifs is 1. The van der Waals surface area contributed by atoms with Crippen molar-refractivity contribution in [2.24, 2.45) is 0 Å². The van der Waals surface area contributed by atoms with Crippen LogP contribution in [0.25, 0.3) is 33.5 Å². The van der Waals surface area contributed by atoms with Crippen molar-refractivity contribution >= 4 is 11.0 Å². The molecule has 0 radical (unpaired) electrons. The molecule has 1 heterocycles. The summed E-state index contributed by atoms with van der Waals surface area (Å²) in [5, 5.41) is 9.41. The highest BCUT2D eigenvalue weighted by Crippen LogP contribution is 2.35. The zero-order valence-electron chi connectivity index (χ0n) is 17.9. The number of phenolic OH excluding ortho intramolecular Hbond substituents is 1. The smallest absolute Gasteiger partial charge is 0.416 e. The van der Waals surface area contributed by atoms with Crippen LogP contribution in [-0.4, -0.2) is 15.1 Å². The van der Waals surface area contributed by atoms with E-state index in [-0.39, 0.29) is 11.3 Å². The van der Waals surface area contributed by atoms with Crippen molar-refractivity contribution in [1.29, 1.82) is 0 Å². The Bertz CT molecular complexity index is 1500. The van der Waals surface area contributed by atoms with Gasteiger partial charge < -0.3 is 9.84 Å². The summed E-state index contributed by atoms with van der Waals surface area (Å²) in [6.45, 7) is 0. The Balaban J connectivity index is 1.59. The summed E-state index contributed by atoms with van der Waals surface area (Å²) in [6, 6.07) is 21.9. The van der Waals surface area contributed by atoms with Gasteiger partial charge >= 0.3 is 6.18 Å². The standard InChI is InChI=1S/C27H16F4N2O2/c28-19-6-1-16(2-7-19)26-25(32-23-14-5-18(27(29,30)31)15-24(23)33-26)17-3-10-21(11-4-17)35-22-12-8-20(34)9-13-22/h1-15,34H. The molecule has 1 N–H and O–H groups in total. The molecule has 0 fully saturated rings. The van der Waals surface area contributed by atoms with E-state index in [4.69, 9.17) is 4.74 Å². The summed E-state index contributed by atoms with van der Waals surface area (Å²) in [5.74, 6) is 0.747. The molecule has 5 aromatic rings. The molecular formula is C27H16F4N2O2. The Kier molecular flexibility index (Phi) is 5.56. The molecule has 0 spiro atoms. The van der Waals surface area contributed by atoms with Crippen molar-refractivity contribution in [1.82, 2.24) is 9.97 Å². The third-order valence-electron chi connectivity index (χ3n) is 5.31. The monoisotopic (exact) mass is 476 g/mol. The van der Waals surface area contributed by atoms with Gasteiger partial charge in [-0.05, 0) is 91.0 Å². The average molecular weight is 476 g/mol. The molecule has 0 saturated heterocycles. The molecule has 0 aliphatic heterocycles. The number of ether oxygens (including phenoxy) is 1. The fraction of sp³-hybridized carbons (Fsp3) is 0.0370. The van der Waals surface area contributed by atoms with Gasteiger partial charge in [-0.25, -0.2) is 14.4 Å². The average Bonchev–Trinajstić information content (AvgIpc) is 2.85. The summed E-state index contributed by atoms with van der Waals surface area (Å²) in [6.07, 6.45) is -4.52. The number of benzene rings is 4. The summed E-state index contributed by atoms with van der Waals surface area (Å²) in [4.78, 5) is 9.08. The molecule has 0 atom stereocenters. The number of phenols is 1. The number of hydrogen-bond donors (Lipinski definition) is 1. The minimum absolute atomic E-state index is 0.0789. The van der Waals surface area contributed by atoms with E-state index in [2.05, 4.69) is 9.97 Å². The van der Waals surface area contributed by atoms with Crippen LogP contribution in [0.1, 0.15) is 5.56 Å². The first kappa shape index (κ1) is 22.3. The molecule has 4 aromatic carbocycles. The van der Waals surface area contributed by atoms with E-state index in [1.54, 1.807) is 36.4 Å². The predicted molar refractivity (Wildman–Crippen MR) is 124 cm³/mol. The molecule has 5 rings (SSSR count). The van der Waals surface area contributed by atoms with Gasteiger partial charge in [0.1, 0.15) is 23.1 Å². The molecule has 0 amide bonds. The van der Waals surface area contributed by atoms with Gasteiger partial charge in [-0.2, -0.15) is 13.2 Å². The van der Waals surface area contributed by atoms with Crippen molar-refractivity contribution in [3.8, 4) is 39.8 Å². The van der Waals surface area contributed by atoms with Crippen LogP contribution in [0.5, 0.6) is 17.2 Å². The first-order valence-electron chi connectivity index (χ1n) is 10.5. The molecule has 4 nitrogen and oxygen atoms in total. The minimum Gasteiger partial charge on any atom is -0.508 e. The normalized spacial score (nSPS) is 11.5. The maximum atomic E-state index is 13.5. The summed E-state index contributed by atoms with van der Waals surface area (Å²) >= 11 is 0. The Morgan fingerprint density at radius 3 is 1.71 bits per heavy atom. The lowest BCUT2D eigenvalue weighted by atomic mass is 10.0. The van der Waals surface area contributed by atoms with E-state index in [9.17, 15) is 22.7 Å². The second kappa shape index (κ2) is 8.72. The van der Waals surface area contributed by atoms with Gasteiger partial charge in [-0.3, -0.25) is 0 Å². The molecule has 0 aliphatic carbocycles.